The highest BCUT2D eigenvalue weighted by atomic mass is 16.5. The van der Waals surface area contributed by atoms with Gasteiger partial charge < -0.3 is 10.5 Å². The molecule has 13 heavy (non-hydrogen) atoms. The number of aliphatic imine (C=N–C) groups is 1. The van der Waals surface area contributed by atoms with Crippen LogP contribution < -0.4 is 5.73 Å². The van der Waals surface area contributed by atoms with Gasteiger partial charge in [-0.05, 0) is 6.92 Å². The van der Waals surface area contributed by atoms with Crippen LogP contribution in [-0.2, 0) is 11.8 Å². The number of amidine groups is 1. The standard InChI is InChI=1S/C8H12N4O/c1-5-6(3-12(2)11-5)7-4-13-8(9)10-7/h3,7H,4H2,1-2H3,(H2,9,10). The van der Waals surface area contributed by atoms with Crippen LogP contribution in [0.15, 0.2) is 11.2 Å². The van der Waals surface area contributed by atoms with E-state index in [-0.39, 0.29) is 12.1 Å². The van der Waals surface area contributed by atoms with Gasteiger partial charge in [-0.2, -0.15) is 5.10 Å². The molecule has 2 N–H and O–H groups in total. The number of rotatable bonds is 1. The Bertz CT molecular complexity index is 355. The summed E-state index contributed by atoms with van der Waals surface area (Å²) < 4.78 is 6.85. The van der Waals surface area contributed by atoms with Crippen molar-refractivity contribution in [2.45, 2.75) is 13.0 Å². The normalized spacial score (nSPS) is 21.4. The predicted molar refractivity (Wildman–Crippen MR) is 48.3 cm³/mol. The van der Waals surface area contributed by atoms with Crippen molar-refractivity contribution in [3.8, 4) is 0 Å². The largest absolute Gasteiger partial charge is 0.463 e. The number of hydrogen-bond donors (Lipinski definition) is 1. The molecule has 2 rings (SSSR count). The zero-order valence-corrected chi connectivity index (χ0v) is 7.69. The van der Waals surface area contributed by atoms with Crippen molar-refractivity contribution in [1.82, 2.24) is 9.78 Å². The second kappa shape index (κ2) is 2.76. The average molecular weight is 180 g/mol. The van der Waals surface area contributed by atoms with E-state index in [4.69, 9.17) is 10.5 Å². The maximum absolute atomic E-state index is 5.42. The Hall–Kier alpha value is -1.52. The second-order valence-corrected chi connectivity index (χ2v) is 3.14. The van der Waals surface area contributed by atoms with Crippen LogP contribution in [0.25, 0.3) is 0 Å². The van der Waals surface area contributed by atoms with Crippen LogP contribution in [0.2, 0.25) is 0 Å². The van der Waals surface area contributed by atoms with Gasteiger partial charge in [-0.1, -0.05) is 0 Å². The molecule has 70 valence electrons. The number of aromatic nitrogens is 2. The first-order valence-electron chi connectivity index (χ1n) is 4.13. The first-order chi connectivity index (χ1) is 6.16. The first kappa shape index (κ1) is 8.10. The van der Waals surface area contributed by atoms with Crippen LogP contribution in [0, 0.1) is 6.92 Å². The van der Waals surface area contributed by atoms with Gasteiger partial charge in [0.15, 0.2) is 0 Å². The summed E-state index contributed by atoms with van der Waals surface area (Å²) in [6, 6.07) is 0.293. The van der Waals surface area contributed by atoms with Gasteiger partial charge in [0, 0.05) is 18.8 Å². The van der Waals surface area contributed by atoms with Crippen molar-refractivity contribution in [2.75, 3.05) is 6.61 Å². The molecule has 0 bridgehead atoms. The van der Waals surface area contributed by atoms with Gasteiger partial charge in [0.1, 0.15) is 12.6 Å². The monoisotopic (exact) mass is 180 g/mol. The molecule has 1 aromatic rings. The fourth-order valence-electron chi connectivity index (χ4n) is 1.50. The molecule has 5 nitrogen and oxygen atoms in total. The summed E-state index contributed by atoms with van der Waals surface area (Å²) in [5, 5.41) is 4.23. The molecule has 0 aliphatic carbocycles. The summed E-state index contributed by atoms with van der Waals surface area (Å²) in [7, 11) is 1.89. The molecule has 0 saturated carbocycles. The number of nitrogens with zero attached hydrogens (tertiary/aromatic N) is 3. The minimum Gasteiger partial charge on any atom is -0.463 e. The van der Waals surface area contributed by atoms with Crippen molar-refractivity contribution in [2.24, 2.45) is 17.8 Å². The van der Waals surface area contributed by atoms with Crippen LogP contribution in [0.4, 0.5) is 0 Å². The Morgan fingerprint density at radius 2 is 2.46 bits per heavy atom. The van der Waals surface area contributed by atoms with Gasteiger partial charge in [-0.3, -0.25) is 4.68 Å². The lowest BCUT2D eigenvalue weighted by molar-refractivity contribution is 0.315. The van der Waals surface area contributed by atoms with Gasteiger partial charge >= 0.3 is 0 Å². The molecule has 1 aromatic heterocycles. The Morgan fingerprint density at radius 1 is 1.69 bits per heavy atom. The molecule has 0 fully saturated rings. The summed E-state index contributed by atoms with van der Waals surface area (Å²) in [5.74, 6) is 0. The van der Waals surface area contributed by atoms with Crippen LogP contribution >= 0.6 is 0 Å². The lowest BCUT2D eigenvalue weighted by atomic mass is 10.1. The number of hydrogen-bond acceptors (Lipinski definition) is 4. The smallest absolute Gasteiger partial charge is 0.282 e. The second-order valence-electron chi connectivity index (χ2n) is 3.14. The van der Waals surface area contributed by atoms with Gasteiger partial charge in [-0.15, -0.1) is 0 Å². The maximum Gasteiger partial charge on any atom is 0.282 e. The highest BCUT2D eigenvalue weighted by Gasteiger charge is 2.21. The third kappa shape index (κ3) is 1.37. The molecule has 1 aliphatic heterocycles. The number of nitrogens with two attached hydrogens (primary N) is 1. The van der Waals surface area contributed by atoms with Gasteiger partial charge in [0.05, 0.1) is 5.69 Å². The molecule has 5 heteroatoms. The lowest BCUT2D eigenvalue weighted by Gasteiger charge is -2.01. The Balaban J connectivity index is 2.31. The van der Waals surface area contributed by atoms with Crippen molar-refractivity contribution in [1.29, 1.82) is 0 Å². The molecule has 0 saturated heterocycles. The topological polar surface area (TPSA) is 65.4 Å². The van der Waals surface area contributed by atoms with Crippen LogP contribution in [-0.4, -0.2) is 22.4 Å². The first-order valence-corrected chi connectivity index (χ1v) is 4.13. The van der Waals surface area contributed by atoms with Crippen LogP contribution in [0.5, 0.6) is 0 Å². The van der Waals surface area contributed by atoms with E-state index in [1.807, 2.05) is 20.2 Å². The predicted octanol–water partition coefficient (Wildman–Crippen LogP) is 0.115. The zero-order valence-electron chi connectivity index (χ0n) is 7.69. The summed E-state index contributed by atoms with van der Waals surface area (Å²) in [6.45, 7) is 2.48. The fourth-order valence-corrected chi connectivity index (χ4v) is 1.50. The molecule has 1 atom stereocenters. The fraction of sp³-hybridized carbons (Fsp3) is 0.500. The summed E-state index contributed by atoms with van der Waals surface area (Å²) in [6.07, 6.45) is 1.95. The van der Waals surface area contributed by atoms with Crippen molar-refractivity contribution >= 4 is 6.02 Å². The Morgan fingerprint density at radius 3 is 2.92 bits per heavy atom. The van der Waals surface area contributed by atoms with Crippen molar-refractivity contribution < 1.29 is 4.74 Å². The highest BCUT2D eigenvalue weighted by molar-refractivity contribution is 5.73. The quantitative estimate of drug-likeness (QED) is 0.667. The van der Waals surface area contributed by atoms with E-state index in [2.05, 4.69) is 10.1 Å². The summed E-state index contributed by atoms with van der Waals surface area (Å²) >= 11 is 0. The maximum atomic E-state index is 5.42. The SMILES string of the molecule is Cc1nn(C)cc1C1COC(N)=N1. The third-order valence-corrected chi connectivity index (χ3v) is 2.08. The van der Waals surface area contributed by atoms with Gasteiger partial charge in [0.2, 0.25) is 0 Å². The molecule has 0 radical (unpaired) electrons. The lowest BCUT2D eigenvalue weighted by Crippen LogP contribution is -2.10. The Kier molecular flexibility index (Phi) is 1.72. The molecule has 1 aliphatic rings. The van der Waals surface area contributed by atoms with Crippen LogP contribution in [0.3, 0.4) is 0 Å². The average Bonchev–Trinajstić information content (AvgIpc) is 2.58. The van der Waals surface area contributed by atoms with Crippen molar-refractivity contribution in [3.63, 3.8) is 0 Å². The molecule has 0 amide bonds. The van der Waals surface area contributed by atoms with E-state index in [1.165, 1.54) is 0 Å². The number of aryl methyl sites for hydroxylation is 2. The van der Waals surface area contributed by atoms with Crippen molar-refractivity contribution in [3.05, 3.63) is 17.5 Å². The summed E-state index contributed by atoms with van der Waals surface area (Å²) in [5.41, 5.74) is 7.49. The minimum atomic E-state index is 0.0219. The summed E-state index contributed by atoms with van der Waals surface area (Å²) in [4.78, 5) is 4.15. The zero-order chi connectivity index (χ0) is 9.42. The minimum absolute atomic E-state index is 0.0219. The Labute approximate surface area is 76.2 Å². The molecule has 0 spiro atoms. The van der Waals surface area contributed by atoms with Gasteiger partial charge in [0.25, 0.3) is 6.02 Å². The van der Waals surface area contributed by atoms with E-state index in [0.717, 1.165) is 11.3 Å². The van der Waals surface area contributed by atoms with E-state index in [9.17, 15) is 0 Å². The van der Waals surface area contributed by atoms with E-state index >= 15 is 0 Å². The molecule has 2 heterocycles. The van der Waals surface area contributed by atoms with E-state index in [0.29, 0.717) is 6.61 Å². The van der Waals surface area contributed by atoms with E-state index in [1.54, 1.807) is 4.68 Å². The third-order valence-electron chi connectivity index (χ3n) is 2.08. The molecular weight excluding hydrogens is 168 g/mol. The van der Waals surface area contributed by atoms with Gasteiger partial charge in [-0.25, -0.2) is 4.99 Å². The van der Waals surface area contributed by atoms with Crippen LogP contribution in [0.1, 0.15) is 17.3 Å². The highest BCUT2D eigenvalue weighted by Crippen LogP contribution is 2.23. The molecule has 1 unspecified atom stereocenters. The molecular formula is C8H12N4O. The number of ether oxygens (including phenoxy) is 1. The molecule has 0 aromatic carbocycles. The van der Waals surface area contributed by atoms with E-state index < -0.39 is 0 Å².